The van der Waals surface area contributed by atoms with Crippen molar-refractivity contribution in [2.75, 3.05) is 12.9 Å². The minimum atomic E-state index is -0.349. The molecule has 1 aliphatic carbocycles. The van der Waals surface area contributed by atoms with Gasteiger partial charge in [0.1, 0.15) is 11.6 Å². The molecule has 7 heteroatoms. The van der Waals surface area contributed by atoms with Gasteiger partial charge in [-0.25, -0.2) is 4.39 Å². The predicted octanol–water partition coefficient (Wildman–Crippen LogP) is 5.57. The number of hydrogen-bond acceptors (Lipinski definition) is 5. The van der Waals surface area contributed by atoms with E-state index < -0.39 is 0 Å². The number of ketones is 1. The monoisotopic (exact) mass is 425 g/mol. The Kier molecular flexibility index (Phi) is 6.47. The molecule has 0 radical (unpaired) electrons. The smallest absolute Gasteiger partial charge is 0.192 e. The molecule has 30 heavy (non-hydrogen) atoms. The Labute approximate surface area is 179 Å². The molecule has 1 saturated carbocycles. The van der Waals surface area contributed by atoms with E-state index in [2.05, 4.69) is 14.8 Å². The van der Waals surface area contributed by atoms with Crippen molar-refractivity contribution in [2.24, 2.45) is 0 Å². The van der Waals surface area contributed by atoms with Crippen LogP contribution in [0.25, 0.3) is 11.4 Å². The van der Waals surface area contributed by atoms with Gasteiger partial charge in [-0.1, -0.05) is 43.2 Å². The van der Waals surface area contributed by atoms with Crippen LogP contribution in [0.5, 0.6) is 5.75 Å². The highest BCUT2D eigenvalue weighted by molar-refractivity contribution is 7.99. The van der Waals surface area contributed by atoms with Crippen molar-refractivity contribution in [3.63, 3.8) is 0 Å². The number of benzene rings is 2. The molecule has 156 valence electrons. The van der Waals surface area contributed by atoms with Crippen LogP contribution in [-0.4, -0.2) is 33.4 Å². The molecule has 0 unspecified atom stereocenters. The Balaban J connectivity index is 1.63. The summed E-state index contributed by atoms with van der Waals surface area (Å²) in [5.74, 6) is 1.34. The fourth-order valence-electron chi connectivity index (χ4n) is 3.91. The molecule has 1 heterocycles. The number of nitrogens with zero attached hydrogens (tertiary/aromatic N) is 3. The number of rotatable bonds is 7. The number of Topliss-reactive ketones (excluding diaryl/α,β-unsaturated/α-hetero) is 1. The first-order chi connectivity index (χ1) is 14.7. The lowest BCUT2D eigenvalue weighted by atomic mass is 9.95. The highest BCUT2D eigenvalue weighted by Crippen LogP contribution is 2.38. The van der Waals surface area contributed by atoms with E-state index in [0.717, 1.165) is 35.1 Å². The van der Waals surface area contributed by atoms with Gasteiger partial charge in [0, 0.05) is 11.6 Å². The molecule has 5 nitrogen and oxygen atoms in total. The standard InChI is InChI=1S/C23H24FN3O2S/c1-29-21-10-6-5-9-19(21)22-25-26-23(27(22)18-7-3-2-4-8-18)30-15-20(28)16-11-13-17(24)14-12-16/h5-6,9-14,18H,2-4,7-8,15H2,1H3. The van der Waals surface area contributed by atoms with Crippen molar-refractivity contribution in [2.45, 2.75) is 43.3 Å². The zero-order chi connectivity index (χ0) is 20.9. The van der Waals surface area contributed by atoms with Crippen LogP contribution in [0, 0.1) is 5.82 Å². The Morgan fingerprint density at radius 1 is 1.10 bits per heavy atom. The van der Waals surface area contributed by atoms with Gasteiger partial charge in [0.2, 0.25) is 0 Å². The molecule has 0 spiro atoms. The number of halogens is 1. The molecule has 0 saturated heterocycles. The number of para-hydroxylation sites is 1. The second kappa shape index (κ2) is 9.43. The molecule has 0 bridgehead atoms. The van der Waals surface area contributed by atoms with Crippen molar-refractivity contribution in [1.82, 2.24) is 14.8 Å². The minimum Gasteiger partial charge on any atom is -0.496 e. The number of methoxy groups -OCH3 is 1. The van der Waals surface area contributed by atoms with Gasteiger partial charge in [0.15, 0.2) is 16.8 Å². The minimum absolute atomic E-state index is 0.0583. The Morgan fingerprint density at radius 3 is 2.57 bits per heavy atom. The summed E-state index contributed by atoms with van der Waals surface area (Å²) in [6.45, 7) is 0. The summed E-state index contributed by atoms with van der Waals surface area (Å²) in [7, 11) is 1.65. The molecule has 0 aliphatic heterocycles. The molecule has 1 fully saturated rings. The molecule has 0 N–H and O–H groups in total. The van der Waals surface area contributed by atoms with Crippen molar-refractivity contribution < 1.29 is 13.9 Å². The van der Waals surface area contributed by atoms with Crippen LogP contribution in [0.3, 0.4) is 0 Å². The van der Waals surface area contributed by atoms with Crippen molar-refractivity contribution in [3.05, 3.63) is 59.9 Å². The maximum atomic E-state index is 13.1. The van der Waals surface area contributed by atoms with E-state index >= 15 is 0 Å². The zero-order valence-corrected chi connectivity index (χ0v) is 17.7. The average Bonchev–Trinajstić information content (AvgIpc) is 3.22. The third kappa shape index (κ3) is 4.41. The zero-order valence-electron chi connectivity index (χ0n) is 16.9. The van der Waals surface area contributed by atoms with Crippen LogP contribution in [0.2, 0.25) is 0 Å². The summed E-state index contributed by atoms with van der Waals surface area (Å²) in [6, 6.07) is 13.8. The van der Waals surface area contributed by atoms with E-state index in [-0.39, 0.29) is 17.4 Å². The van der Waals surface area contributed by atoms with Crippen LogP contribution >= 0.6 is 11.8 Å². The van der Waals surface area contributed by atoms with E-state index in [1.54, 1.807) is 7.11 Å². The fourth-order valence-corrected chi connectivity index (χ4v) is 4.81. The number of hydrogen-bond donors (Lipinski definition) is 0. The maximum absolute atomic E-state index is 13.1. The lowest BCUT2D eigenvalue weighted by Crippen LogP contribution is -2.16. The molecule has 0 atom stereocenters. The van der Waals surface area contributed by atoms with E-state index in [1.165, 1.54) is 55.3 Å². The van der Waals surface area contributed by atoms with E-state index in [4.69, 9.17) is 4.74 Å². The van der Waals surface area contributed by atoms with Crippen molar-refractivity contribution in [1.29, 1.82) is 0 Å². The third-order valence-electron chi connectivity index (χ3n) is 5.45. The summed E-state index contributed by atoms with van der Waals surface area (Å²) >= 11 is 1.38. The van der Waals surface area contributed by atoms with E-state index in [1.807, 2.05) is 24.3 Å². The second-order valence-corrected chi connectivity index (χ2v) is 8.33. The van der Waals surface area contributed by atoms with Gasteiger partial charge in [-0.15, -0.1) is 10.2 Å². The lowest BCUT2D eigenvalue weighted by molar-refractivity contribution is 0.102. The largest absolute Gasteiger partial charge is 0.496 e. The molecule has 0 amide bonds. The Morgan fingerprint density at radius 2 is 1.83 bits per heavy atom. The van der Waals surface area contributed by atoms with Gasteiger partial charge in [0.25, 0.3) is 0 Å². The number of ether oxygens (including phenoxy) is 1. The SMILES string of the molecule is COc1ccccc1-c1nnc(SCC(=O)c2ccc(F)cc2)n1C1CCCCC1. The second-order valence-electron chi connectivity index (χ2n) is 7.39. The average molecular weight is 426 g/mol. The van der Waals surface area contributed by atoms with Gasteiger partial charge >= 0.3 is 0 Å². The lowest BCUT2D eigenvalue weighted by Gasteiger charge is -2.26. The molecule has 4 rings (SSSR count). The quantitative estimate of drug-likeness (QED) is 0.366. The van der Waals surface area contributed by atoms with Gasteiger partial charge < -0.3 is 4.74 Å². The van der Waals surface area contributed by atoms with Crippen LogP contribution in [0.4, 0.5) is 4.39 Å². The van der Waals surface area contributed by atoms with Gasteiger partial charge in [0.05, 0.1) is 18.4 Å². The fraction of sp³-hybridized carbons (Fsp3) is 0.348. The highest BCUT2D eigenvalue weighted by Gasteiger charge is 2.25. The molecule has 1 aromatic heterocycles. The van der Waals surface area contributed by atoms with Crippen LogP contribution < -0.4 is 4.74 Å². The topological polar surface area (TPSA) is 57.0 Å². The van der Waals surface area contributed by atoms with Crippen molar-refractivity contribution >= 4 is 17.5 Å². The first-order valence-electron chi connectivity index (χ1n) is 10.2. The molecular weight excluding hydrogens is 401 g/mol. The summed E-state index contributed by atoms with van der Waals surface area (Å²) < 4.78 is 20.9. The van der Waals surface area contributed by atoms with Crippen molar-refractivity contribution in [3.8, 4) is 17.1 Å². The first kappa shape index (κ1) is 20.6. The first-order valence-corrected chi connectivity index (χ1v) is 11.2. The number of carbonyl (C=O) groups is 1. The molecule has 3 aromatic rings. The van der Waals surface area contributed by atoms with Crippen LogP contribution in [0.1, 0.15) is 48.5 Å². The molecule has 2 aromatic carbocycles. The molecule has 1 aliphatic rings. The summed E-state index contributed by atoms with van der Waals surface area (Å²) in [6.07, 6.45) is 5.73. The predicted molar refractivity (Wildman–Crippen MR) is 116 cm³/mol. The number of carbonyl (C=O) groups excluding carboxylic acids is 1. The Hall–Kier alpha value is -2.67. The highest BCUT2D eigenvalue weighted by atomic mass is 32.2. The van der Waals surface area contributed by atoms with Gasteiger partial charge in [-0.2, -0.15) is 0 Å². The summed E-state index contributed by atoms with van der Waals surface area (Å²) in [4.78, 5) is 12.6. The third-order valence-corrected chi connectivity index (χ3v) is 6.39. The maximum Gasteiger partial charge on any atom is 0.192 e. The van der Waals surface area contributed by atoms with Gasteiger partial charge in [-0.3, -0.25) is 9.36 Å². The van der Waals surface area contributed by atoms with E-state index in [9.17, 15) is 9.18 Å². The summed E-state index contributed by atoms with van der Waals surface area (Å²) in [5.41, 5.74) is 1.40. The number of thioether (sulfide) groups is 1. The number of aromatic nitrogens is 3. The normalized spacial score (nSPS) is 14.6. The van der Waals surface area contributed by atoms with Crippen LogP contribution in [-0.2, 0) is 0 Å². The van der Waals surface area contributed by atoms with Crippen LogP contribution in [0.15, 0.2) is 53.7 Å². The van der Waals surface area contributed by atoms with E-state index in [0.29, 0.717) is 11.6 Å². The van der Waals surface area contributed by atoms with Gasteiger partial charge in [-0.05, 0) is 49.2 Å². The molecular formula is C23H24FN3O2S. The summed E-state index contributed by atoms with van der Waals surface area (Å²) in [5, 5.41) is 9.65. The Bertz CT molecular complexity index is 1010.